The van der Waals surface area contributed by atoms with Gasteiger partial charge in [-0.1, -0.05) is 17.3 Å². The highest BCUT2D eigenvalue weighted by atomic mass is 16.5. The maximum absolute atomic E-state index is 12.0. The Kier molecular flexibility index (Phi) is 4.06. The fraction of sp³-hybridized carbons (Fsp3) is 0.500. The van der Waals surface area contributed by atoms with Gasteiger partial charge in [-0.05, 0) is 50.3 Å². The number of aromatic nitrogens is 2. The molecule has 126 valence electrons. The third-order valence-electron chi connectivity index (χ3n) is 4.49. The predicted octanol–water partition coefficient (Wildman–Crippen LogP) is 2.43. The lowest BCUT2D eigenvalue weighted by atomic mass is 10.1. The maximum atomic E-state index is 12.0. The van der Waals surface area contributed by atoms with E-state index in [0.717, 1.165) is 24.9 Å². The number of nitrogens with zero attached hydrogens (tertiary/aromatic N) is 3. The molecule has 0 spiro atoms. The van der Waals surface area contributed by atoms with E-state index in [2.05, 4.69) is 20.4 Å². The van der Waals surface area contributed by atoms with Crippen molar-refractivity contribution in [3.63, 3.8) is 0 Å². The van der Waals surface area contributed by atoms with Crippen LogP contribution >= 0.6 is 0 Å². The van der Waals surface area contributed by atoms with Crippen molar-refractivity contribution in [2.75, 3.05) is 0 Å². The molecule has 1 heterocycles. The Hall–Kier alpha value is -2.21. The van der Waals surface area contributed by atoms with Crippen LogP contribution in [0.25, 0.3) is 0 Å². The number of hydrogen-bond donors (Lipinski definition) is 1. The predicted molar refractivity (Wildman–Crippen MR) is 88.2 cm³/mol. The van der Waals surface area contributed by atoms with E-state index in [1.54, 1.807) is 0 Å². The van der Waals surface area contributed by atoms with Gasteiger partial charge in [0.15, 0.2) is 5.82 Å². The zero-order chi connectivity index (χ0) is 16.5. The molecule has 0 unspecified atom stereocenters. The average Bonchev–Trinajstić information content (AvgIpc) is 3.48. The van der Waals surface area contributed by atoms with Gasteiger partial charge in [-0.25, -0.2) is 0 Å². The fourth-order valence-corrected chi connectivity index (χ4v) is 2.82. The highest BCUT2D eigenvalue weighted by Crippen LogP contribution is 2.29. The Morgan fingerprint density at radius 3 is 2.54 bits per heavy atom. The molecule has 0 saturated heterocycles. The number of carbonyl (C=O) groups excluding carboxylic acids is 1. The normalized spacial score (nSPS) is 17.2. The van der Waals surface area contributed by atoms with Gasteiger partial charge in [-0.3, -0.25) is 9.69 Å². The first-order valence-electron chi connectivity index (χ1n) is 8.60. The SMILES string of the molecule is Cc1noc(CN(Cc2ccc(C(=O)NC3CC3)cc2)C2CC2)n1. The standard InChI is InChI=1S/C18H22N4O2/c1-12-19-17(24-21-12)11-22(16-8-9-16)10-13-2-4-14(5-3-13)18(23)20-15-6-7-15/h2-5,15-16H,6-11H2,1H3,(H,20,23). The van der Waals surface area contributed by atoms with Crippen LogP contribution in [0.2, 0.25) is 0 Å². The molecule has 2 aliphatic rings. The van der Waals surface area contributed by atoms with Crippen molar-refractivity contribution in [3.05, 3.63) is 47.1 Å². The van der Waals surface area contributed by atoms with E-state index in [1.165, 1.54) is 18.4 Å². The van der Waals surface area contributed by atoms with Crippen LogP contribution < -0.4 is 5.32 Å². The minimum absolute atomic E-state index is 0.0319. The van der Waals surface area contributed by atoms with E-state index < -0.39 is 0 Å². The van der Waals surface area contributed by atoms with Crippen molar-refractivity contribution in [1.29, 1.82) is 0 Å². The average molecular weight is 326 g/mol. The first kappa shape index (κ1) is 15.3. The van der Waals surface area contributed by atoms with Gasteiger partial charge in [-0.2, -0.15) is 4.98 Å². The van der Waals surface area contributed by atoms with Crippen molar-refractivity contribution < 1.29 is 9.32 Å². The molecule has 6 heteroatoms. The van der Waals surface area contributed by atoms with Gasteiger partial charge in [-0.15, -0.1) is 0 Å². The molecule has 2 aliphatic carbocycles. The summed E-state index contributed by atoms with van der Waals surface area (Å²) in [5, 5.41) is 6.88. The molecule has 0 aliphatic heterocycles. The molecule has 1 aromatic carbocycles. The Balaban J connectivity index is 1.39. The summed E-state index contributed by atoms with van der Waals surface area (Å²) in [7, 11) is 0. The summed E-state index contributed by atoms with van der Waals surface area (Å²) in [5.74, 6) is 1.37. The molecule has 0 radical (unpaired) electrons. The van der Waals surface area contributed by atoms with Crippen LogP contribution in [0.15, 0.2) is 28.8 Å². The van der Waals surface area contributed by atoms with Gasteiger partial charge in [0.2, 0.25) is 5.89 Å². The molecule has 2 fully saturated rings. The monoisotopic (exact) mass is 326 g/mol. The number of benzene rings is 1. The van der Waals surface area contributed by atoms with Crippen LogP contribution in [-0.4, -0.2) is 33.0 Å². The van der Waals surface area contributed by atoms with E-state index in [4.69, 9.17) is 4.52 Å². The van der Waals surface area contributed by atoms with E-state index in [0.29, 0.717) is 30.3 Å². The van der Waals surface area contributed by atoms with Gasteiger partial charge in [0.05, 0.1) is 6.54 Å². The number of aryl methyl sites for hydroxylation is 1. The second-order valence-corrected chi connectivity index (χ2v) is 6.82. The third-order valence-corrected chi connectivity index (χ3v) is 4.49. The van der Waals surface area contributed by atoms with Gasteiger partial charge in [0.1, 0.15) is 0 Å². The molecule has 6 nitrogen and oxygen atoms in total. The van der Waals surface area contributed by atoms with E-state index >= 15 is 0 Å². The van der Waals surface area contributed by atoms with Crippen LogP contribution in [0, 0.1) is 6.92 Å². The quantitative estimate of drug-likeness (QED) is 0.846. The molecular weight excluding hydrogens is 304 g/mol. The second kappa shape index (κ2) is 6.36. The molecule has 24 heavy (non-hydrogen) atoms. The Bertz CT molecular complexity index is 717. The molecule has 2 aromatic rings. The third kappa shape index (κ3) is 3.82. The lowest BCUT2D eigenvalue weighted by Crippen LogP contribution is -2.26. The number of rotatable bonds is 7. The van der Waals surface area contributed by atoms with Gasteiger partial charge in [0, 0.05) is 24.2 Å². The lowest BCUT2D eigenvalue weighted by molar-refractivity contribution is 0.0951. The summed E-state index contributed by atoms with van der Waals surface area (Å²) >= 11 is 0. The molecule has 1 N–H and O–H groups in total. The van der Waals surface area contributed by atoms with Crippen LogP contribution in [-0.2, 0) is 13.1 Å². The minimum atomic E-state index is 0.0319. The highest BCUT2D eigenvalue weighted by molar-refractivity contribution is 5.94. The Morgan fingerprint density at radius 2 is 1.96 bits per heavy atom. The van der Waals surface area contributed by atoms with Crippen LogP contribution in [0.5, 0.6) is 0 Å². The van der Waals surface area contributed by atoms with E-state index in [1.807, 2.05) is 31.2 Å². The van der Waals surface area contributed by atoms with Crippen molar-refractivity contribution in [3.8, 4) is 0 Å². The molecule has 0 bridgehead atoms. The smallest absolute Gasteiger partial charge is 0.251 e. The summed E-state index contributed by atoms with van der Waals surface area (Å²) in [4.78, 5) is 18.7. The van der Waals surface area contributed by atoms with E-state index in [9.17, 15) is 4.79 Å². The van der Waals surface area contributed by atoms with Crippen molar-refractivity contribution in [1.82, 2.24) is 20.4 Å². The molecule has 0 atom stereocenters. The zero-order valence-corrected chi connectivity index (χ0v) is 13.9. The van der Waals surface area contributed by atoms with E-state index in [-0.39, 0.29) is 5.91 Å². The second-order valence-electron chi connectivity index (χ2n) is 6.82. The maximum Gasteiger partial charge on any atom is 0.251 e. The number of carbonyl (C=O) groups is 1. The highest BCUT2D eigenvalue weighted by Gasteiger charge is 2.30. The largest absolute Gasteiger partial charge is 0.349 e. The number of amides is 1. The van der Waals surface area contributed by atoms with Gasteiger partial charge >= 0.3 is 0 Å². The van der Waals surface area contributed by atoms with Crippen molar-refractivity contribution in [2.45, 2.75) is 57.8 Å². The molecular formula is C18H22N4O2. The first-order chi connectivity index (χ1) is 11.7. The summed E-state index contributed by atoms with van der Waals surface area (Å²) < 4.78 is 5.25. The summed E-state index contributed by atoms with van der Waals surface area (Å²) in [6, 6.07) is 8.88. The lowest BCUT2D eigenvalue weighted by Gasteiger charge is -2.20. The summed E-state index contributed by atoms with van der Waals surface area (Å²) in [6.07, 6.45) is 4.65. The molecule has 2 saturated carbocycles. The van der Waals surface area contributed by atoms with Crippen LogP contribution in [0.3, 0.4) is 0 Å². The first-order valence-corrected chi connectivity index (χ1v) is 8.60. The topological polar surface area (TPSA) is 71.3 Å². The van der Waals surface area contributed by atoms with Crippen LogP contribution in [0.1, 0.15) is 53.3 Å². The van der Waals surface area contributed by atoms with Crippen molar-refractivity contribution in [2.24, 2.45) is 0 Å². The number of nitrogens with one attached hydrogen (secondary N) is 1. The zero-order valence-electron chi connectivity index (χ0n) is 13.9. The molecule has 1 amide bonds. The number of hydrogen-bond acceptors (Lipinski definition) is 5. The Morgan fingerprint density at radius 1 is 1.21 bits per heavy atom. The molecule has 1 aromatic heterocycles. The van der Waals surface area contributed by atoms with Gasteiger partial charge in [0.25, 0.3) is 5.91 Å². The fourth-order valence-electron chi connectivity index (χ4n) is 2.82. The van der Waals surface area contributed by atoms with Crippen LogP contribution in [0.4, 0.5) is 0 Å². The van der Waals surface area contributed by atoms with Gasteiger partial charge < -0.3 is 9.84 Å². The molecule has 4 rings (SSSR count). The summed E-state index contributed by atoms with van der Waals surface area (Å²) in [6.45, 7) is 3.34. The Labute approximate surface area is 141 Å². The minimum Gasteiger partial charge on any atom is -0.349 e. The van der Waals surface area contributed by atoms with Crippen molar-refractivity contribution >= 4 is 5.91 Å². The summed E-state index contributed by atoms with van der Waals surface area (Å²) in [5.41, 5.74) is 1.93.